The lowest BCUT2D eigenvalue weighted by Gasteiger charge is -2.18. The highest BCUT2D eigenvalue weighted by atomic mass is 16.6. The van der Waals surface area contributed by atoms with Crippen LogP contribution in [0.1, 0.15) is 245 Å². The molecule has 0 rings (SSSR count). The summed E-state index contributed by atoms with van der Waals surface area (Å²) in [6, 6.07) is 0. The van der Waals surface area contributed by atoms with E-state index in [2.05, 4.69) is 191 Å². The van der Waals surface area contributed by atoms with Gasteiger partial charge in [-0.2, -0.15) is 0 Å². The molecule has 0 aromatic rings. The van der Waals surface area contributed by atoms with Crippen LogP contribution < -0.4 is 0 Å². The Bertz CT molecular complexity index is 1810. The summed E-state index contributed by atoms with van der Waals surface area (Å²) in [4.78, 5) is 38.2. The van der Waals surface area contributed by atoms with Gasteiger partial charge >= 0.3 is 17.9 Å². The number of esters is 3. The van der Waals surface area contributed by atoms with E-state index < -0.39 is 6.10 Å². The van der Waals surface area contributed by atoms with E-state index in [4.69, 9.17) is 14.2 Å². The lowest BCUT2D eigenvalue weighted by atomic mass is 10.1. The summed E-state index contributed by atoms with van der Waals surface area (Å²) in [5.74, 6) is -1.01. The average molecular weight is 1070 g/mol. The van der Waals surface area contributed by atoms with Gasteiger partial charge in [0.1, 0.15) is 13.2 Å². The highest BCUT2D eigenvalue weighted by molar-refractivity contribution is 5.71. The third-order valence-corrected chi connectivity index (χ3v) is 12.4. The van der Waals surface area contributed by atoms with Crippen LogP contribution in [0.25, 0.3) is 0 Å². The second-order valence-corrected chi connectivity index (χ2v) is 19.8. The summed E-state index contributed by atoms with van der Waals surface area (Å²) < 4.78 is 16.8. The van der Waals surface area contributed by atoms with E-state index in [9.17, 15) is 14.4 Å². The molecule has 0 amide bonds. The maximum atomic E-state index is 12.9. The molecule has 6 nitrogen and oxygen atoms in total. The minimum absolute atomic E-state index is 0.115. The van der Waals surface area contributed by atoms with Gasteiger partial charge in [-0.3, -0.25) is 14.4 Å². The largest absolute Gasteiger partial charge is 0.462 e. The van der Waals surface area contributed by atoms with Gasteiger partial charge in [-0.1, -0.05) is 255 Å². The van der Waals surface area contributed by atoms with Crippen molar-refractivity contribution in [2.75, 3.05) is 13.2 Å². The van der Waals surface area contributed by atoms with Gasteiger partial charge in [0.05, 0.1) is 0 Å². The van der Waals surface area contributed by atoms with Crippen LogP contribution in [0.3, 0.4) is 0 Å². The van der Waals surface area contributed by atoms with Crippen LogP contribution in [0.5, 0.6) is 0 Å². The number of carbonyl (C=O) groups is 3. The number of hydrogen-bond acceptors (Lipinski definition) is 6. The zero-order valence-electron chi connectivity index (χ0n) is 49.9. The van der Waals surface area contributed by atoms with Crippen LogP contribution in [0.15, 0.2) is 170 Å². The molecule has 6 heteroatoms. The van der Waals surface area contributed by atoms with Crippen molar-refractivity contribution in [1.29, 1.82) is 0 Å². The first kappa shape index (κ1) is 72.8. The fourth-order valence-electron chi connectivity index (χ4n) is 7.83. The molecule has 0 radical (unpaired) electrons. The van der Waals surface area contributed by atoms with Gasteiger partial charge in [-0.15, -0.1) is 0 Å². The van der Waals surface area contributed by atoms with E-state index in [1.54, 1.807) is 0 Å². The van der Waals surface area contributed by atoms with Gasteiger partial charge in [0.15, 0.2) is 6.10 Å². The van der Waals surface area contributed by atoms with Gasteiger partial charge in [0, 0.05) is 19.3 Å². The van der Waals surface area contributed by atoms with Gasteiger partial charge in [-0.05, 0) is 141 Å². The minimum atomic E-state index is -0.823. The Balaban J connectivity index is 4.49. The molecular formula is C72H112O6. The molecule has 0 fully saturated rings. The normalized spacial score (nSPS) is 13.3. The van der Waals surface area contributed by atoms with Crippen LogP contribution in [0.2, 0.25) is 0 Å². The van der Waals surface area contributed by atoms with E-state index in [-0.39, 0.29) is 37.5 Å². The van der Waals surface area contributed by atoms with E-state index in [0.717, 1.165) is 161 Å². The molecule has 0 aliphatic heterocycles. The van der Waals surface area contributed by atoms with Crippen molar-refractivity contribution in [2.45, 2.75) is 252 Å². The Morgan fingerprint density at radius 2 is 0.513 bits per heavy atom. The average Bonchev–Trinajstić information content (AvgIpc) is 3.44. The summed E-state index contributed by atoms with van der Waals surface area (Å²) in [5.41, 5.74) is 0. The molecular weight excluding hydrogens is 961 g/mol. The fraction of sp³-hybridized carbons (Fsp3) is 0.569. The zero-order chi connectivity index (χ0) is 56.4. The van der Waals surface area contributed by atoms with Crippen LogP contribution in [-0.2, 0) is 28.6 Å². The predicted octanol–water partition coefficient (Wildman–Crippen LogP) is 21.5. The lowest BCUT2D eigenvalue weighted by Crippen LogP contribution is -2.30. The Hall–Kier alpha value is -5.23. The van der Waals surface area contributed by atoms with Gasteiger partial charge < -0.3 is 14.2 Å². The molecule has 0 bridgehead atoms. The second-order valence-electron chi connectivity index (χ2n) is 19.8. The molecule has 0 aromatic carbocycles. The Kier molecular flexibility index (Phi) is 60.0. The second kappa shape index (κ2) is 64.3. The van der Waals surface area contributed by atoms with E-state index >= 15 is 0 Å². The lowest BCUT2D eigenvalue weighted by molar-refractivity contribution is -0.167. The molecule has 0 aliphatic rings. The molecule has 78 heavy (non-hydrogen) atoms. The first-order valence-corrected chi connectivity index (χ1v) is 31.1. The molecule has 1 atom stereocenters. The first-order valence-electron chi connectivity index (χ1n) is 31.1. The van der Waals surface area contributed by atoms with E-state index in [1.807, 2.05) is 0 Å². The van der Waals surface area contributed by atoms with Crippen LogP contribution in [0.4, 0.5) is 0 Å². The van der Waals surface area contributed by atoms with E-state index in [0.29, 0.717) is 19.3 Å². The quantitative estimate of drug-likeness (QED) is 0.0261. The van der Waals surface area contributed by atoms with Crippen molar-refractivity contribution in [1.82, 2.24) is 0 Å². The highest BCUT2D eigenvalue weighted by Crippen LogP contribution is 2.13. The van der Waals surface area contributed by atoms with Gasteiger partial charge in [-0.25, -0.2) is 0 Å². The smallest absolute Gasteiger partial charge is 0.306 e. The molecule has 0 saturated carbocycles. The number of carbonyl (C=O) groups excluding carboxylic acids is 3. The van der Waals surface area contributed by atoms with Crippen molar-refractivity contribution in [3.05, 3.63) is 170 Å². The van der Waals surface area contributed by atoms with Crippen LogP contribution in [0, 0.1) is 0 Å². The standard InChI is InChI=1S/C72H112O6/c1-4-7-10-13-16-19-22-25-28-30-31-32-33-34-35-36-37-38-39-40-41-43-44-47-50-53-56-59-62-65-71(74)77-68-69(67-76-70(73)64-61-58-55-52-49-46-27-24-21-18-15-12-9-6-3)78-72(75)66-63-60-57-54-51-48-45-42-29-26-23-20-17-14-11-8-5-2/h7-8,10-11,15-20,24-29,31-32,34-35,37-38,40-41,44,47,53,56,69H,4-6,9,12-14,21-23,30,33,36,39,42-43,45-46,48-52,54-55,57-68H2,1-3H3/b10-7-,11-8-,18-15-,19-16-,20-17-,27-24-,28-25-,29-26-,32-31-,35-34-,38-37-,41-40-,47-44-,56-53-. The topological polar surface area (TPSA) is 78.9 Å². The summed E-state index contributed by atoms with van der Waals surface area (Å²) >= 11 is 0. The summed E-state index contributed by atoms with van der Waals surface area (Å²) in [7, 11) is 0. The Morgan fingerprint density at radius 1 is 0.269 bits per heavy atom. The molecule has 0 heterocycles. The highest BCUT2D eigenvalue weighted by Gasteiger charge is 2.19. The molecule has 436 valence electrons. The number of unbranched alkanes of at least 4 members (excludes halogenated alkanes) is 15. The number of rotatable bonds is 54. The molecule has 0 aliphatic carbocycles. The number of ether oxygens (including phenoxy) is 3. The van der Waals surface area contributed by atoms with Crippen molar-refractivity contribution in [2.24, 2.45) is 0 Å². The molecule has 0 N–H and O–H groups in total. The SMILES string of the molecule is CC/C=C\C/C=C\C/C=C\C/C=C\C/C=C\C/C=C\C/C=C\C/C=C\C/C=C\CCCC(=O)OCC(COC(=O)CCCCCCC/C=C\C/C=C\CCCC)OC(=O)CCCCCCCCC/C=C\C/C=C\C/C=C\CC. The first-order chi connectivity index (χ1) is 38.5. The van der Waals surface area contributed by atoms with Crippen molar-refractivity contribution in [3.63, 3.8) is 0 Å². The van der Waals surface area contributed by atoms with Crippen molar-refractivity contribution in [3.8, 4) is 0 Å². The van der Waals surface area contributed by atoms with Crippen LogP contribution >= 0.6 is 0 Å². The summed E-state index contributed by atoms with van der Waals surface area (Å²) in [6.07, 6.45) is 95.0. The maximum absolute atomic E-state index is 12.9. The van der Waals surface area contributed by atoms with Gasteiger partial charge in [0.2, 0.25) is 0 Å². The van der Waals surface area contributed by atoms with Crippen molar-refractivity contribution < 1.29 is 28.6 Å². The monoisotopic (exact) mass is 1070 g/mol. The zero-order valence-corrected chi connectivity index (χ0v) is 49.9. The molecule has 1 unspecified atom stereocenters. The number of allylic oxidation sites excluding steroid dienone is 28. The van der Waals surface area contributed by atoms with Crippen LogP contribution in [-0.4, -0.2) is 37.2 Å². The fourth-order valence-corrected chi connectivity index (χ4v) is 7.83. The Labute approximate surface area is 479 Å². The molecule has 0 aromatic heterocycles. The minimum Gasteiger partial charge on any atom is -0.462 e. The number of hydrogen-bond donors (Lipinski definition) is 0. The molecule has 0 spiro atoms. The Morgan fingerprint density at radius 3 is 0.833 bits per heavy atom. The third-order valence-electron chi connectivity index (χ3n) is 12.4. The predicted molar refractivity (Wildman–Crippen MR) is 338 cm³/mol. The third kappa shape index (κ3) is 61.6. The summed E-state index contributed by atoms with van der Waals surface area (Å²) in [5, 5.41) is 0. The van der Waals surface area contributed by atoms with E-state index in [1.165, 1.54) is 38.5 Å². The van der Waals surface area contributed by atoms with Crippen molar-refractivity contribution >= 4 is 17.9 Å². The molecule has 0 saturated heterocycles. The maximum Gasteiger partial charge on any atom is 0.306 e. The van der Waals surface area contributed by atoms with Gasteiger partial charge in [0.25, 0.3) is 0 Å². The summed E-state index contributed by atoms with van der Waals surface area (Å²) in [6.45, 7) is 6.29.